The SMILES string of the molecule is NC(N)=NCCCC(NC(=O)C(CO)NC(=O)C(CO)NC(=O)C(N)CCC(=O)O)C(=O)O. The molecule has 0 saturated carbocycles. The van der Waals surface area contributed by atoms with Gasteiger partial charge in [-0.15, -0.1) is 0 Å². The molecule has 0 aliphatic carbocycles. The summed E-state index contributed by atoms with van der Waals surface area (Å²) in [7, 11) is 0. The van der Waals surface area contributed by atoms with E-state index in [1.54, 1.807) is 0 Å². The second-order valence-electron chi connectivity index (χ2n) is 6.87. The smallest absolute Gasteiger partial charge is 0.326 e. The van der Waals surface area contributed by atoms with E-state index < -0.39 is 73.5 Å². The van der Waals surface area contributed by atoms with Crippen LogP contribution in [-0.4, -0.2) is 100.0 Å². The van der Waals surface area contributed by atoms with Crippen LogP contribution in [-0.2, 0) is 24.0 Å². The van der Waals surface area contributed by atoms with Gasteiger partial charge in [0.25, 0.3) is 0 Å². The highest BCUT2D eigenvalue weighted by Gasteiger charge is 2.29. The van der Waals surface area contributed by atoms with Crippen LogP contribution in [0.5, 0.6) is 0 Å². The molecule has 0 radical (unpaired) electrons. The van der Waals surface area contributed by atoms with Crippen molar-refractivity contribution in [3.8, 4) is 0 Å². The summed E-state index contributed by atoms with van der Waals surface area (Å²) in [6.45, 7) is -1.69. The zero-order valence-corrected chi connectivity index (χ0v) is 17.8. The van der Waals surface area contributed by atoms with Gasteiger partial charge in [-0.05, 0) is 19.3 Å². The first-order chi connectivity index (χ1) is 15.4. The number of rotatable bonds is 16. The highest BCUT2D eigenvalue weighted by Crippen LogP contribution is 2.01. The van der Waals surface area contributed by atoms with Gasteiger partial charge in [-0.3, -0.25) is 24.2 Å². The zero-order chi connectivity index (χ0) is 25.6. The molecule has 0 bridgehead atoms. The maximum absolute atomic E-state index is 12.3. The van der Waals surface area contributed by atoms with Crippen LogP contribution in [0.4, 0.5) is 0 Å². The fourth-order valence-electron chi connectivity index (χ4n) is 2.38. The van der Waals surface area contributed by atoms with Crippen molar-refractivity contribution in [2.24, 2.45) is 22.2 Å². The van der Waals surface area contributed by atoms with Crippen LogP contribution >= 0.6 is 0 Å². The molecule has 0 spiro atoms. The topological polar surface area (TPSA) is 293 Å². The van der Waals surface area contributed by atoms with E-state index in [2.05, 4.69) is 20.9 Å². The van der Waals surface area contributed by atoms with Crippen LogP contribution in [0.2, 0.25) is 0 Å². The second-order valence-corrected chi connectivity index (χ2v) is 6.87. The minimum atomic E-state index is -1.59. The van der Waals surface area contributed by atoms with Gasteiger partial charge in [0.15, 0.2) is 5.96 Å². The minimum absolute atomic E-state index is 0.0481. The van der Waals surface area contributed by atoms with Crippen molar-refractivity contribution in [1.82, 2.24) is 16.0 Å². The summed E-state index contributed by atoms with van der Waals surface area (Å²) in [5, 5.41) is 43.0. The van der Waals surface area contributed by atoms with Crippen molar-refractivity contribution in [2.75, 3.05) is 19.8 Å². The van der Waals surface area contributed by atoms with Gasteiger partial charge in [-0.1, -0.05) is 0 Å². The lowest BCUT2D eigenvalue weighted by atomic mass is 10.1. The highest BCUT2D eigenvalue weighted by atomic mass is 16.4. The van der Waals surface area contributed by atoms with Gasteiger partial charge >= 0.3 is 11.9 Å². The van der Waals surface area contributed by atoms with Gasteiger partial charge in [0.05, 0.1) is 19.3 Å². The number of hydrogen-bond acceptors (Lipinski definition) is 9. The molecule has 33 heavy (non-hydrogen) atoms. The molecule has 0 saturated heterocycles. The van der Waals surface area contributed by atoms with E-state index >= 15 is 0 Å². The first-order valence-corrected chi connectivity index (χ1v) is 9.81. The van der Waals surface area contributed by atoms with Crippen molar-refractivity contribution < 1.29 is 44.4 Å². The lowest BCUT2D eigenvalue weighted by Crippen LogP contribution is -2.59. The first-order valence-electron chi connectivity index (χ1n) is 9.81. The van der Waals surface area contributed by atoms with Gasteiger partial charge in [-0.25, -0.2) is 4.79 Å². The number of nitrogens with one attached hydrogen (secondary N) is 3. The zero-order valence-electron chi connectivity index (χ0n) is 17.8. The van der Waals surface area contributed by atoms with E-state index in [1.165, 1.54) is 0 Å². The van der Waals surface area contributed by atoms with Crippen LogP contribution in [0.1, 0.15) is 25.7 Å². The normalized spacial score (nSPS) is 14.2. The quantitative estimate of drug-likeness (QED) is 0.0566. The Hall–Kier alpha value is -3.50. The highest BCUT2D eigenvalue weighted by molar-refractivity contribution is 5.94. The van der Waals surface area contributed by atoms with Crippen molar-refractivity contribution in [3.05, 3.63) is 0 Å². The number of carboxylic acid groups (broad SMARTS) is 2. The van der Waals surface area contributed by atoms with Gasteiger partial charge < -0.3 is 53.6 Å². The summed E-state index contributed by atoms with van der Waals surface area (Å²) in [5.41, 5.74) is 15.8. The average molecular weight is 477 g/mol. The van der Waals surface area contributed by atoms with Crippen LogP contribution in [0.15, 0.2) is 4.99 Å². The fourth-order valence-corrected chi connectivity index (χ4v) is 2.38. The molecular formula is C17H31N7O9. The van der Waals surface area contributed by atoms with Gasteiger partial charge in [0, 0.05) is 13.0 Å². The van der Waals surface area contributed by atoms with Crippen molar-refractivity contribution >= 4 is 35.6 Å². The second kappa shape index (κ2) is 15.3. The molecule has 0 aliphatic rings. The largest absolute Gasteiger partial charge is 0.481 e. The van der Waals surface area contributed by atoms with Crippen molar-refractivity contribution in [1.29, 1.82) is 0 Å². The number of aliphatic imine (C=N–C) groups is 1. The Morgan fingerprint density at radius 1 is 0.788 bits per heavy atom. The summed E-state index contributed by atoms with van der Waals surface area (Å²) in [5.74, 6) is -5.73. The summed E-state index contributed by atoms with van der Waals surface area (Å²) in [4.78, 5) is 62.2. The minimum Gasteiger partial charge on any atom is -0.481 e. The Labute approximate surface area is 188 Å². The predicted molar refractivity (Wildman–Crippen MR) is 112 cm³/mol. The summed E-state index contributed by atoms with van der Waals surface area (Å²) in [6, 6.07) is -5.79. The lowest BCUT2D eigenvalue weighted by Gasteiger charge is -2.23. The molecule has 0 fully saturated rings. The van der Waals surface area contributed by atoms with E-state index in [-0.39, 0.29) is 31.8 Å². The molecular weight excluding hydrogens is 446 g/mol. The van der Waals surface area contributed by atoms with Crippen molar-refractivity contribution in [2.45, 2.75) is 49.9 Å². The van der Waals surface area contributed by atoms with E-state index in [4.69, 9.17) is 22.3 Å². The Balaban J connectivity index is 4.94. The molecule has 3 amide bonds. The van der Waals surface area contributed by atoms with E-state index in [1.807, 2.05) is 0 Å². The molecule has 16 heteroatoms. The Morgan fingerprint density at radius 2 is 1.27 bits per heavy atom. The van der Waals surface area contributed by atoms with Crippen LogP contribution < -0.4 is 33.2 Å². The molecule has 0 rings (SSSR count). The number of nitrogens with zero attached hydrogens (tertiary/aromatic N) is 1. The lowest BCUT2D eigenvalue weighted by molar-refractivity contribution is -0.143. The number of hydrogen-bond donors (Lipinski definition) is 10. The molecule has 4 atom stereocenters. The Bertz CT molecular complexity index is 728. The standard InChI is InChI=1S/C17H31N7O9/c18-8(3-4-12(27)28)13(29)23-10(6-25)15(31)24-11(7-26)14(30)22-9(16(32)33)2-1-5-21-17(19)20/h8-11,25-26H,1-7,18H2,(H,22,30)(H,23,29)(H,24,31)(H,27,28)(H,32,33)(H4,19,20,21). The third-order valence-corrected chi connectivity index (χ3v) is 4.20. The monoisotopic (exact) mass is 477 g/mol. The number of carbonyl (C=O) groups is 5. The Morgan fingerprint density at radius 3 is 1.70 bits per heavy atom. The first kappa shape index (κ1) is 29.5. The fraction of sp³-hybridized carbons (Fsp3) is 0.647. The number of aliphatic hydroxyl groups is 2. The average Bonchev–Trinajstić information content (AvgIpc) is 2.74. The third-order valence-electron chi connectivity index (χ3n) is 4.20. The number of guanidine groups is 1. The van der Waals surface area contributed by atoms with Crippen LogP contribution in [0.25, 0.3) is 0 Å². The maximum atomic E-state index is 12.3. The third kappa shape index (κ3) is 12.2. The summed E-state index contributed by atoms with van der Waals surface area (Å²) >= 11 is 0. The van der Waals surface area contributed by atoms with Gasteiger partial charge in [0.1, 0.15) is 18.1 Å². The number of amides is 3. The summed E-state index contributed by atoms with van der Waals surface area (Å²) in [6.07, 6.45) is -0.448. The van der Waals surface area contributed by atoms with Crippen LogP contribution in [0.3, 0.4) is 0 Å². The van der Waals surface area contributed by atoms with E-state index in [9.17, 15) is 39.3 Å². The molecule has 13 N–H and O–H groups in total. The van der Waals surface area contributed by atoms with Gasteiger partial charge in [0.2, 0.25) is 17.7 Å². The molecule has 16 nitrogen and oxygen atoms in total. The molecule has 0 aromatic heterocycles. The summed E-state index contributed by atoms with van der Waals surface area (Å²) < 4.78 is 0. The number of carboxylic acids is 2. The predicted octanol–water partition coefficient (Wildman–Crippen LogP) is -5.24. The number of aliphatic carboxylic acids is 2. The number of nitrogens with two attached hydrogens (primary N) is 3. The van der Waals surface area contributed by atoms with Gasteiger partial charge in [-0.2, -0.15) is 0 Å². The molecule has 0 aromatic carbocycles. The van der Waals surface area contributed by atoms with E-state index in [0.717, 1.165) is 0 Å². The van der Waals surface area contributed by atoms with Crippen molar-refractivity contribution in [3.63, 3.8) is 0 Å². The Kier molecular flexibility index (Phi) is 13.7. The number of carbonyl (C=O) groups excluding carboxylic acids is 3. The molecule has 4 unspecified atom stereocenters. The molecule has 0 aliphatic heterocycles. The molecule has 0 aromatic rings. The number of aliphatic hydroxyl groups excluding tert-OH is 2. The molecule has 0 heterocycles. The maximum Gasteiger partial charge on any atom is 0.326 e. The van der Waals surface area contributed by atoms with Crippen LogP contribution in [0, 0.1) is 0 Å². The molecule has 188 valence electrons. The van der Waals surface area contributed by atoms with E-state index in [0.29, 0.717) is 0 Å².